The van der Waals surface area contributed by atoms with E-state index in [2.05, 4.69) is 16.1 Å². The van der Waals surface area contributed by atoms with Gasteiger partial charge in [-0.05, 0) is 52.0 Å². The molecule has 1 saturated heterocycles. The second kappa shape index (κ2) is 12.9. The highest BCUT2D eigenvalue weighted by atomic mass is 32.1. The summed E-state index contributed by atoms with van der Waals surface area (Å²) in [7, 11) is -4.46. The van der Waals surface area contributed by atoms with Gasteiger partial charge < -0.3 is 19.1 Å². The van der Waals surface area contributed by atoms with E-state index in [1.807, 2.05) is 4.98 Å². The lowest BCUT2D eigenvalue weighted by molar-refractivity contribution is -0.149. The van der Waals surface area contributed by atoms with Crippen molar-refractivity contribution in [1.82, 2.24) is 19.6 Å². The molecule has 1 aliphatic rings. The first-order valence-corrected chi connectivity index (χ1v) is 15.4. The number of aromatic amines is 1. The van der Waals surface area contributed by atoms with E-state index in [9.17, 15) is 29.3 Å². The number of nitrogens with zero attached hydrogens (tertiary/aromatic N) is 3. The van der Waals surface area contributed by atoms with Crippen LogP contribution in [-0.2, 0) is 23.4 Å². The number of rotatable bonds is 11. The number of carbonyl (C=O) groups is 1. The van der Waals surface area contributed by atoms with Crippen molar-refractivity contribution in [2.45, 2.75) is 63.9 Å². The van der Waals surface area contributed by atoms with Gasteiger partial charge in [0.25, 0.3) is 5.56 Å². The molecule has 0 aliphatic carbocycles. The van der Waals surface area contributed by atoms with Crippen LogP contribution in [0.3, 0.4) is 0 Å². The van der Waals surface area contributed by atoms with Crippen LogP contribution in [0.25, 0.3) is 11.3 Å². The van der Waals surface area contributed by atoms with Gasteiger partial charge in [-0.25, -0.2) is 18.7 Å². The molecule has 6 atom stereocenters. The average Bonchev–Trinajstić information content (AvgIpc) is 3.50. The zero-order chi connectivity index (χ0) is 31.5. The molecule has 0 radical (unpaired) electrons. The molecule has 2 aromatic heterocycles. The second-order valence-corrected chi connectivity index (χ2v) is 12.6. The molecule has 3 aromatic rings. The Morgan fingerprint density at radius 2 is 2.02 bits per heavy atom. The maximum absolute atomic E-state index is 15.6. The Bertz CT molecular complexity index is 1670. The number of aliphatic hydroxyl groups excluding tert-OH is 1. The standard InChI is InChI=1S/C26H29FN5O9PS/c1-14(2)39-23(35)15(3)31-42(37,41-17-7-5-16(6-8-17)21-19(11-28)43-13-29-21)38-12-18-22(34)26(4,27)24(40-18)32-10-9-20(33)30-25(32)36/h5-10,13-15,18,22,24,34H,12H2,1-4H3,(H,31,37)(H,30,33,36)/t15-,18+,22+,24+,26+,42?/m0/s1. The van der Waals surface area contributed by atoms with Crippen LogP contribution in [-0.4, -0.2) is 62.2 Å². The third-order valence-corrected chi connectivity index (χ3v) is 8.68. The summed E-state index contributed by atoms with van der Waals surface area (Å²) in [5.74, 6) is -0.713. The van der Waals surface area contributed by atoms with Crippen LogP contribution in [0.1, 0.15) is 38.8 Å². The number of hydrogen-bond donors (Lipinski definition) is 3. The second-order valence-electron chi connectivity index (χ2n) is 10.0. The zero-order valence-corrected chi connectivity index (χ0v) is 25.1. The predicted molar refractivity (Wildman–Crippen MR) is 151 cm³/mol. The van der Waals surface area contributed by atoms with Gasteiger partial charge in [-0.1, -0.05) is 0 Å². The summed E-state index contributed by atoms with van der Waals surface area (Å²) in [6.45, 7) is 4.94. The van der Waals surface area contributed by atoms with Gasteiger partial charge in [0, 0.05) is 17.8 Å². The van der Waals surface area contributed by atoms with Gasteiger partial charge in [0.1, 0.15) is 34.9 Å². The number of H-pyrrole nitrogens is 1. The number of aromatic nitrogens is 3. The summed E-state index contributed by atoms with van der Waals surface area (Å²) in [5.41, 5.74) is -1.63. The lowest BCUT2D eigenvalue weighted by Gasteiger charge is -2.25. The number of alkyl halides is 1. The summed E-state index contributed by atoms with van der Waals surface area (Å²) >= 11 is 1.18. The predicted octanol–water partition coefficient (Wildman–Crippen LogP) is 2.65. The molecule has 0 amide bonds. The Balaban J connectivity index is 1.56. The van der Waals surface area contributed by atoms with E-state index in [1.54, 1.807) is 26.0 Å². The SMILES string of the molecule is CC(C)OC(=O)[C@H](C)NP(=O)(OC[C@H]1O[C@@H](n2ccc(=O)[nH]c2=O)[C@](C)(F)[C@@H]1O)Oc1ccc(-c2ncsc2C#N)cc1. The molecule has 0 bridgehead atoms. The van der Waals surface area contributed by atoms with Crippen LogP contribution in [0.15, 0.2) is 51.6 Å². The van der Waals surface area contributed by atoms with E-state index in [0.29, 0.717) is 16.1 Å². The molecule has 0 saturated carbocycles. The Labute approximate surface area is 248 Å². The third-order valence-electron chi connectivity index (χ3n) is 6.31. The number of thiazole rings is 1. The number of aliphatic hydroxyl groups is 1. The molecule has 0 spiro atoms. The molecule has 3 heterocycles. The molecular formula is C26H29FN5O9PS. The molecule has 1 aromatic carbocycles. The highest BCUT2D eigenvalue weighted by Crippen LogP contribution is 2.47. The lowest BCUT2D eigenvalue weighted by Crippen LogP contribution is -2.43. The summed E-state index contributed by atoms with van der Waals surface area (Å²) in [6.07, 6.45) is -4.42. The number of carbonyl (C=O) groups excluding carboxylic acids is 1. The smallest absolute Gasteiger partial charge is 0.459 e. The van der Waals surface area contributed by atoms with Gasteiger partial charge in [-0.15, -0.1) is 11.3 Å². The van der Waals surface area contributed by atoms with Crippen LogP contribution in [0.5, 0.6) is 5.75 Å². The number of ether oxygens (including phenoxy) is 2. The number of halogens is 1. The minimum absolute atomic E-state index is 0.0404. The molecule has 3 N–H and O–H groups in total. The molecule has 230 valence electrons. The summed E-state index contributed by atoms with van der Waals surface area (Å²) in [5, 5.41) is 22.5. The minimum Gasteiger partial charge on any atom is -0.462 e. The van der Waals surface area contributed by atoms with Gasteiger partial charge >= 0.3 is 19.4 Å². The van der Waals surface area contributed by atoms with Gasteiger partial charge in [0.15, 0.2) is 11.9 Å². The highest BCUT2D eigenvalue weighted by molar-refractivity contribution is 7.52. The molecule has 17 heteroatoms. The van der Waals surface area contributed by atoms with Crippen molar-refractivity contribution < 1.29 is 37.4 Å². The van der Waals surface area contributed by atoms with Crippen molar-refractivity contribution in [3.8, 4) is 23.1 Å². The highest BCUT2D eigenvalue weighted by Gasteiger charge is 2.56. The van der Waals surface area contributed by atoms with Crippen molar-refractivity contribution in [2.24, 2.45) is 0 Å². The largest absolute Gasteiger partial charge is 0.462 e. The fraction of sp³-hybridized carbons (Fsp3) is 0.423. The van der Waals surface area contributed by atoms with Gasteiger partial charge in [0.2, 0.25) is 0 Å². The maximum atomic E-state index is 15.6. The van der Waals surface area contributed by atoms with Crippen molar-refractivity contribution >= 4 is 25.1 Å². The van der Waals surface area contributed by atoms with E-state index >= 15 is 4.39 Å². The van der Waals surface area contributed by atoms with Crippen LogP contribution < -0.4 is 20.9 Å². The first kappa shape index (κ1) is 32.2. The summed E-state index contributed by atoms with van der Waals surface area (Å²) < 4.78 is 52.2. The molecule has 4 rings (SSSR count). The number of nitrogens with one attached hydrogen (secondary N) is 2. The van der Waals surface area contributed by atoms with Crippen LogP contribution >= 0.6 is 19.1 Å². The van der Waals surface area contributed by atoms with Gasteiger partial charge in [-0.3, -0.25) is 23.7 Å². The summed E-state index contributed by atoms with van der Waals surface area (Å²) in [6, 6.07) is 7.91. The van der Waals surface area contributed by atoms with Crippen LogP contribution in [0.2, 0.25) is 0 Å². The van der Waals surface area contributed by atoms with E-state index in [1.165, 1.54) is 35.9 Å². The molecule has 1 fully saturated rings. The number of esters is 1. The van der Waals surface area contributed by atoms with Crippen molar-refractivity contribution in [3.63, 3.8) is 0 Å². The fourth-order valence-electron chi connectivity index (χ4n) is 4.19. The Kier molecular flexibility index (Phi) is 9.65. The van der Waals surface area contributed by atoms with Crippen molar-refractivity contribution in [2.75, 3.05) is 6.61 Å². The third kappa shape index (κ3) is 7.27. The molecule has 43 heavy (non-hydrogen) atoms. The fourth-order valence-corrected chi connectivity index (χ4v) is 6.29. The topological polar surface area (TPSA) is 195 Å². The minimum atomic E-state index is -4.46. The molecule has 14 nitrogen and oxygen atoms in total. The summed E-state index contributed by atoms with van der Waals surface area (Å²) in [4.78, 5) is 42.7. The number of benzene rings is 1. The monoisotopic (exact) mass is 637 g/mol. The average molecular weight is 638 g/mol. The lowest BCUT2D eigenvalue weighted by atomic mass is 9.98. The Morgan fingerprint density at radius 3 is 2.65 bits per heavy atom. The van der Waals surface area contributed by atoms with Gasteiger partial charge in [-0.2, -0.15) is 10.3 Å². The molecular weight excluding hydrogens is 608 g/mol. The van der Waals surface area contributed by atoms with E-state index in [4.69, 9.17) is 18.5 Å². The van der Waals surface area contributed by atoms with Crippen LogP contribution in [0, 0.1) is 11.3 Å². The first-order valence-electron chi connectivity index (χ1n) is 12.9. The van der Waals surface area contributed by atoms with E-state index in [-0.39, 0.29) is 5.75 Å². The van der Waals surface area contributed by atoms with Gasteiger partial charge in [0.05, 0.1) is 23.9 Å². The van der Waals surface area contributed by atoms with Crippen LogP contribution in [0.4, 0.5) is 4.39 Å². The number of hydrogen-bond acceptors (Lipinski definition) is 12. The quantitative estimate of drug-likeness (QED) is 0.206. The zero-order valence-electron chi connectivity index (χ0n) is 23.4. The Hall–Kier alpha value is -3.71. The normalized spacial score (nSPS) is 23.8. The van der Waals surface area contributed by atoms with Crippen molar-refractivity contribution in [1.29, 1.82) is 5.26 Å². The maximum Gasteiger partial charge on any atom is 0.459 e. The van der Waals surface area contributed by atoms with E-state index in [0.717, 1.165) is 23.8 Å². The van der Waals surface area contributed by atoms with E-state index < -0.39 is 67.8 Å². The number of nitriles is 1. The van der Waals surface area contributed by atoms with Crippen molar-refractivity contribution in [3.05, 3.63) is 67.8 Å². The molecule has 1 unspecified atom stereocenters. The molecule has 1 aliphatic heterocycles. The Morgan fingerprint density at radius 1 is 1.33 bits per heavy atom. The first-order chi connectivity index (χ1) is 20.2.